The average Bonchev–Trinajstić information content (AvgIpc) is 2.31. The molecule has 0 rings (SSSR count). The Hall–Kier alpha value is 0.596. The maximum absolute atomic E-state index is 8.60. The first kappa shape index (κ1) is 56.2. The second-order valence-corrected chi connectivity index (χ2v) is 4.19. The van der Waals surface area contributed by atoms with Gasteiger partial charge in [0.25, 0.3) is 0 Å². The monoisotopic (exact) mass is 434 g/mol. The Morgan fingerprint density at radius 2 is 0.560 bits per heavy atom. The van der Waals surface area contributed by atoms with E-state index in [4.69, 9.17) is 18.6 Å². The van der Waals surface area contributed by atoms with E-state index in [0.29, 0.717) is 0 Å². The topological polar surface area (TPSA) is 124 Å². The molecule has 7 radical (unpaired) electrons. The minimum absolute atomic E-state index is 0. The Bertz CT molecular complexity index is 88.1. The van der Waals surface area contributed by atoms with Crippen molar-refractivity contribution in [2.75, 3.05) is 0 Å². The van der Waals surface area contributed by atoms with Crippen LogP contribution in [0, 0.1) is 51.8 Å². The largest absolute Gasteiger partial charge is 0.344 e. The summed E-state index contributed by atoms with van der Waals surface area (Å²) in [7, 11) is -4.69. The predicted molar refractivity (Wildman–Crippen MR) is 101 cm³/mol. The molecule has 163 valence electrons. The Morgan fingerprint density at radius 3 is 0.560 bits per heavy atom. The van der Waals surface area contributed by atoms with E-state index in [2.05, 4.69) is 41.5 Å². The van der Waals surface area contributed by atoms with Gasteiger partial charge in [0.05, 0.1) is 14.9 Å². The van der Waals surface area contributed by atoms with Gasteiger partial charge in [-0.3, -0.25) is 0 Å². The Balaban J connectivity index is -0.0000000170. The van der Waals surface area contributed by atoms with Gasteiger partial charge in [0.2, 0.25) is 0 Å². The minimum atomic E-state index is -4.69. The molecule has 0 saturated heterocycles. The second-order valence-electron chi connectivity index (χ2n) is 3.40. The summed E-state index contributed by atoms with van der Waals surface area (Å²) in [5.74, 6) is 0. The average molecular weight is 435 g/mol. The fourth-order valence-electron chi connectivity index (χ4n) is 0. The molecule has 0 aromatic carbocycles. The van der Waals surface area contributed by atoms with Crippen molar-refractivity contribution < 1.29 is 45.7 Å². The van der Waals surface area contributed by atoms with Crippen LogP contribution in [0.25, 0.3) is 0 Å². The third-order valence-corrected chi connectivity index (χ3v) is 0. The van der Waals surface area contributed by atoms with Crippen molar-refractivity contribution in [3.8, 4) is 0 Å². The quantitative estimate of drug-likeness (QED) is 0.604. The van der Waals surface area contributed by atoms with E-state index in [0.717, 1.165) is 38.5 Å². The van der Waals surface area contributed by atoms with Crippen molar-refractivity contribution in [3.63, 3.8) is 0 Å². The van der Waals surface area contributed by atoms with E-state index in [1.165, 1.54) is 0 Å². The van der Waals surface area contributed by atoms with Gasteiger partial charge in [0.1, 0.15) is 0 Å². The first-order chi connectivity index (χ1) is 10.5. The Morgan fingerprint density at radius 1 is 0.560 bits per heavy atom. The van der Waals surface area contributed by atoms with E-state index in [9.17, 15) is 0 Å². The summed E-state index contributed by atoms with van der Waals surface area (Å²) < 4.78 is 32.7. The molecule has 5 nitrogen and oxygen atoms in total. The summed E-state index contributed by atoms with van der Waals surface area (Å²) in [6.45, 7) is 33.0. The van der Waals surface area contributed by atoms with Gasteiger partial charge in [-0.1, -0.05) is 122 Å². The van der Waals surface area contributed by atoms with Crippen LogP contribution in [0.5, 0.6) is 0 Å². The maximum atomic E-state index is 8.60. The van der Waals surface area contributed by atoms with Crippen LogP contribution in [0.1, 0.15) is 80.1 Å². The molecule has 4 N–H and O–H groups in total. The van der Waals surface area contributed by atoms with Gasteiger partial charge in [-0.25, -0.2) is 0 Å². The fraction of sp³-hybridized carbons (Fsp3) is 0.667. The molecular weight excluding hydrogens is 389 g/mol. The van der Waals surface area contributed by atoms with Crippen LogP contribution in [-0.2, 0) is 16.8 Å². The molecule has 0 fully saturated rings. The van der Waals surface area contributed by atoms with Crippen LogP contribution in [-0.4, -0.2) is 4.66 Å². The molecule has 0 aromatic heterocycles. The number of rotatable bonds is 0. The molecule has 0 amide bonds. The molecule has 0 unspecified atom stereocenters. The summed E-state index contributed by atoms with van der Waals surface area (Å²) >= 11 is 0. The van der Waals surface area contributed by atoms with E-state index < -0.39 is 10.2 Å². The zero-order chi connectivity index (χ0) is 20.7. The molecule has 7 heteroatoms. The molecule has 0 atom stereocenters. The van der Waals surface area contributed by atoms with Crippen LogP contribution in [0.15, 0.2) is 0 Å². The van der Waals surface area contributed by atoms with Crippen LogP contribution >= 0.6 is 0 Å². The summed E-state index contributed by atoms with van der Waals surface area (Å²) in [5.41, 5.74) is 0. The van der Waals surface area contributed by atoms with Crippen molar-refractivity contribution >= 4 is 0 Å². The third-order valence-electron chi connectivity index (χ3n) is 0. The summed E-state index contributed by atoms with van der Waals surface area (Å²) in [5, 5.41) is 0. The zero-order valence-corrected chi connectivity index (χ0v) is 19.4. The first-order valence-electron chi connectivity index (χ1n) is 7.87. The van der Waals surface area contributed by atoms with Crippen molar-refractivity contribution in [1.29, 1.82) is 0 Å². The van der Waals surface area contributed by atoms with E-state index >= 15 is 0 Å². The van der Waals surface area contributed by atoms with Gasteiger partial charge >= 0.3 is 0 Å². The first-order valence-corrected chi connectivity index (χ1v) is 9.14. The van der Waals surface area contributed by atoms with E-state index in [-0.39, 0.29) is 22.9 Å². The van der Waals surface area contributed by atoms with Gasteiger partial charge in [0.15, 0.2) is 0 Å². The van der Waals surface area contributed by atoms with Crippen molar-refractivity contribution in [1.82, 2.24) is 6.15 Å². The summed E-state index contributed by atoms with van der Waals surface area (Å²) in [6.07, 6.45) is 6.00. The minimum Gasteiger partial charge on any atom is -0.344 e. The van der Waals surface area contributed by atoms with Crippen LogP contribution < -0.4 is 20.1 Å². The van der Waals surface area contributed by atoms with Crippen molar-refractivity contribution in [3.05, 3.63) is 41.5 Å². The van der Waals surface area contributed by atoms with E-state index in [1.807, 2.05) is 41.5 Å². The fourth-order valence-corrected chi connectivity index (χ4v) is 0. The van der Waals surface area contributed by atoms with Crippen LogP contribution in [0.4, 0.5) is 0 Å². The van der Waals surface area contributed by atoms with Crippen LogP contribution in [0.3, 0.4) is 0 Å². The number of halogens is 1. The second kappa shape index (κ2) is 86.3. The van der Waals surface area contributed by atoms with Gasteiger partial charge in [-0.05, 0) is 0 Å². The molecule has 25 heavy (non-hydrogen) atoms. The molecule has 0 spiro atoms. The third kappa shape index (κ3) is 35300. The van der Waals surface area contributed by atoms with Gasteiger partial charge in [0, 0.05) is 16.8 Å². The predicted octanol–water partition coefficient (Wildman–Crippen LogP) is 3.42. The van der Waals surface area contributed by atoms with E-state index in [1.54, 1.807) is 0 Å². The number of hydrogen-bond acceptors (Lipinski definition) is 5. The normalized spacial score (nSPS) is 6.72. The summed E-state index contributed by atoms with van der Waals surface area (Å²) in [4.78, 5) is 0. The smallest absolute Gasteiger partial charge is 0.0777 e. The Kier molecular flexibility index (Phi) is 194. The molecule has 0 bridgehead atoms. The van der Waals surface area contributed by atoms with Crippen LogP contribution in [0.2, 0.25) is 0 Å². The van der Waals surface area contributed by atoms with Gasteiger partial charge in [-0.2, -0.15) is 14.0 Å². The molecule has 0 aliphatic heterocycles. The molecule has 0 saturated carbocycles. The molecule has 0 aromatic rings. The molecule has 0 aliphatic carbocycles. The Labute approximate surface area is 173 Å². The summed E-state index contributed by atoms with van der Waals surface area (Å²) in [6, 6.07) is 0. The molecule has 0 heterocycles. The van der Waals surface area contributed by atoms with Gasteiger partial charge < -0.3 is 6.15 Å². The molecular formula is C18H46ClCoNO4. The maximum Gasteiger partial charge on any atom is 0.0777 e. The molecule has 0 aliphatic rings. The SMILES string of the molecule is N.[CH2]CC.[CH2]CC.[CH2]CC.[CH2]CC.[CH2]CC.[CH2]CC.[Co].[O-][Cl+3]([O-])([O-])O. The van der Waals surface area contributed by atoms with Crippen molar-refractivity contribution in [2.24, 2.45) is 0 Å². The van der Waals surface area contributed by atoms with Crippen molar-refractivity contribution in [2.45, 2.75) is 80.1 Å². The zero-order valence-electron chi connectivity index (χ0n) is 17.6. The standard InChI is InChI=1S/6C3H7.ClHO4.Co.H3N/c6*1-3-2;2-1(3,4)5;;/h6*1,3H2,2H3;(H,2,3,4,5);;1H3. The number of hydrogen-bond donors (Lipinski definition) is 2. The van der Waals surface area contributed by atoms with Gasteiger partial charge in [-0.15, -0.1) is 0 Å².